The minimum absolute atomic E-state index is 0.0507. The van der Waals surface area contributed by atoms with Gasteiger partial charge in [0.25, 0.3) is 5.56 Å². The number of hydrazine groups is 1. The van der Waals surface area contributed by atoms with Crippen LogP contribution in [0.5, 0.6) is 0 Å². The Morgan fingerprint density at radius 3 is 2.64 bits per heavy atom. The molecule has 132 valence electrons. The second kappa shape index (κ2) is 7.79. The van der Waals surface area contributed by atoms with Crippen LogP contribution < -0.4 is 21.8 Å². The number of anilines is 1. The Labute approximate surface area is 146 Å². The molecule has 0 saturated heterocycles. The fraction of sp³-hybridized carbons (Fsp3) is 0.267. The fourth-order valence-corrected chi connectivity index (χ4v) is 2.67. The number of rotatable bonds is 6. The molecule has 0 aliphatic carbocycles. The molecule has 0 aliphatic heterocycles. The van der Waals surface area contributed by atoms with Gasteiger partial charge in [0, 0.05) is 17.8 Å². The molecule has 25 heavy (non-hydrogen) atoms. The molecule has 2 aromatic rings. The molecule has 0 spiro atoms. The Morgan fingerprint density at radius 1 is 1.28 bits per heavy atom. The normalized spacial score (nSPS) is 10.4. The number of carbonyl (C=O) groups excluding carboxylic acids is 2. The van der Waals surface area contributed by atoms with Crippen molar-refractivity contribution in [3.63, 3.8) is 0 Å². The van der Waals surface area contributed by atoms with Crippen LogP contribution in [0.1, 0.15) is 28.7 Å². The van der Waals surface area contributed by atoms with Crippen LogP contribution in [0.4, 0.5) is 5.88 Å². The van der Waals surface area contributed by atoms with Gasteiger partial charge >= 0.3 is 0 Å². The largest absolute Gasteiger partial charge is 0.443 e. The number of Topliss-reactive ketones (excluding diaryl/α,β-unsaturated/α-hetero) is 1. The van der Waals surface area contributed by atoms with Crippen LogP contribution in [0.2, 0.25) is 0 Å². The summed E-state index contributed by atoms with van der Waals surface area (Å²) in [6.07, 6.45) is 0. The summed E-state index contributed by atoms with van der Waals surface area (Å²) < 4.78 is 5.28. The van der Waals surface area contributed by atoms with Crippen LogP contribution in [0.25, 0.3) is 0 Å². The van der Waals surface area contributed by atoms with Crippen molar-refractivity contribution in [3.8, 4) is 0 Å². The zero-order valence-electron chi connectivity index (χ0n) is 13.8. The van der Waals surface area contributed by atoms with Gasteiger partial charge in [-0.05, 0) is 20.8 Å². The maximum Gasteiger partial charge on any atom is 0.251 e. The maximum absolute atomic E-state index is 11.9. The molecule has 3 N–H and O–H groups in total. The molecule has 2 rings (SSSR count). The van der Waals surface area contributed by atoms with Crippen LogP contribution in [-0.4, -0.2) is 27.4 Å². The van der Waals surface area contributed by atoms with E-state index in [2.05, 4.69) is 20.8 Å². The predicted molar refractivity (Wildman–Crippen MR) is 91.8 cm³/mol. The molecule has 0 saturated carbocycles. The van der Waals surface area contributed by atoms with E-state index in [9.17, 15) is 19.2 Å². The first kappa shape index (κ1) is 18.5. The smallest absolute Gasteiger partial charge is 0.251 e. The van der Waals surface area contributed by atoms with Crippen LogP contribution in [0.3, 0.4) is 0 Å². The zero-order chi connectivity index (χ0) is 18.6. The lowest BCUT2D eigenvalue weighted by atomic mass is 10.2. The second-order valence-electron chi connectivity index (χ2n) is 5.14. The number of nitrogens with one attached hydrogen (secondary N) is 3. The van der Waals surface area contributed by atoms with E-state index in [4.69, 9.17) is 4.42 Å². The third-order valence-electron chi connectivity index (χ3n) is 2.93. The lowest BCUT2D eigenvalue weighted by molar-refractivity contribution is -0.118. The van der Waals surface area contributed by atoms with Gasteiger partial charge in [0.15, 0.2) is 16.4 Å². The summed E-state index contributed by atoms with van der Waals surface area (Å²) in [7, 11) is 0. The summed E-state index contributed by atoms with van der Waals surface area (Å²) in [5.41, 5.74) is 4.34. The quantitative estimate of drug-likeness (QED) is 0.296. The van der Waals surface area contributed by atoms with Crippen molar-refractivity contribution in [3.05, 3.63) is 49.7 Å². The third-order valence-corrected chi connectivity index (χ3v) is 3.80. The number of hydrogen-bond donors (Lipinski definition) is 3. The van der Waals surface area contributed by atoms with Gasteiger partial charge in [-0.2, -0.15) is 0 Å². The summed E-state index contributed by atoms with van der Waals surface area (Å²) in [6, 6.07) is 2.54. The van der Waals surface area contributed by atoms with Gasteiger partial charge in [-0.15, -0.1) is 0 Å². The predicted octanol–water partition coefficient (Wildman–Crippen LogP) is 0.778. The average molecular weight is 364 g/mol. The van der Waals surface area contributed by atoms with Gasteiger partial charge in [0.1, 0.15) is 11.3 Å². The summed E-state index contributed by atoms with van der Waals surface area (Å²) in [5.74, 6) is -0.833. The molecule has 2 heterocycles. The molecule has 0 atom stereocenters. The van der Waals surface area contributed by atoms with Gasteiger partial charge in [-0.3, -0.25) is 30.0 Å². The van der Waals surface area contributed by atoms with Gasteiger partial charge in [-0.25, -0.2) is 4.98 Å². The number of thioether (sulfide) groups is 1. The number of ketones is 1. The number of carbonyl (C=O) groups is 2. The first-order chi connectivity index (χ1) is 11.8. The van der Waals surface area contributed by atoms with Gasteiger partial charge in [0.05, 0.1) is 5.75 Å². The van der Waals surface area contributed by atoms with E-state index in [1.807, 2.05) is 0 Å². The fourth-order valence-electron chi connectivity index (χ4n) is 1.95. The van der Waals surface area contributed by atoms with Gasteiger partial charge in [-0.1, -0.05) is 11.8 Å². The first-order valence-electron chi connectivity index (χ1n) is 7.17. The van der Waals surface area contributed by atoms with Crippen molar-refractivity contribution in [2.75, 3.05) is 11.2 Å². The van der Waals surface area contributed by atoms with E-state index in [0.717, 1.165) is 11.8 Å². The molecule has 0 fully saturated rings. The highest BCUT2D eigenvalue weighted by atomic mass is 32.2. The summed E-state index contributed by atoms with van der Waals surface area (Å²) in [6.45, 7) is 4.45. The summed E-state index contributed by atoms with van der Waals surface area (Å²) in [5, 5.41) is 0.312. The van der Waals surface area contributed by atoms with E-state index >= 15 is 0 Å². The number of aryl methyl sites for hydroxylation is 2. The van der Waals surface area contributed by atoms with E-state index in [1.54, 1.807) is 13.8 Å². The molecule has 1 amide bonds. The van der Waals surface area contributed by atoms with E-state index in [-0.39, 0.29) is 22.8 Å². The Morgan fingerprint density at radius 2 is 2.00 bits per heavy atom. The highest BCUT2D eigenvalue weighted by Gasteiger charge is 2.16. The minimum Gasteiger partial charge on any atom is -0.443 e. The lowest BCUT2D eigenvalue weighted by Gasteiger charge is -2.10. The zero-order valence-corrected chi connectivity index (χ0v) is 14.6. The lowest BCUT2D eigenvalue weighted by Crippen LogP contribution is -2.32. The summed E-state index contributed by atoms with van der Waals surface area (Å²) in [4.78, 5) is 53.2. The minimum atomic E-state index is -0.496. The number of aromatic nitrogens is 2. The molecule has 10 heteroatoms. The van der Waals surface area contributed by atoms with Crippen molar-refractivity contribution in [1.29, 1.82) is 0 Å². The average Bonchev–Trinajstić information content (AvgIpc) is 2.48. The number of H-pyrrole nitrogens is 1. The molecule has 0 bridgehead atoms. The number of amides is 1. The van der Waals surface area contributed by atoms with Crippen molar-refractivity contribution in [1.82, 2.24) is 15.4 Å². The molecular formula is C15H16N4O5S. The van der Waals surface area contributed by atoms with Crippen molar-refractivity contribution >= 4 is 29.3 Å². The number of nitrogens with zero attached hydrogens (tertiary/aromatic N) is 1. The van der Waals surface area contributed by atoms with Crippen molar-refractivity contribution in [2.45, 2.75) is 25.9 Å². The van der Waals surface area contributed by atoms with E-state index in [0.29, 0.717) is 16.6 Å². The number of hydrogen-bond acceptors (Lipinski definition) is 8. The Bertz CT molecular complexity index is 934. The van der Waals surface area contributed by atoms with Gasteiger partial charge in [0.2, 0.25) is 11.8 Å². The monoisotopic (exact) mass is 364 g/mol. The van der Waals surface area contributed by atoms with E-state index < -0.39 is 17.1 Å². The molecule has 0 aromatic carbocycles. The number of aromatic amines is 1. The molecule has 0 radical (unpaired) electrons. The van der Waals surface area contributed by atoms with Crippen LogP contribution in [0.15, 0.2) is 31.3 Å². The Kier molecular flexibility index (Phi) is 5.75. The van der Waals surface area contributed by atoms with Crippen LogP contribution >= 0.6 is 11.8 Å². The third kappa shape index (κ3) is 5.05. The molecule has 0 aliphatic rings. The molecule has 0 unspecified atom stereocenters. The van der Waals surface area contributed by atoms with Crippen LogP contribution in [-0.2, 0) is 4.79 Å². The Hall–Kier alpha value is -2.88. The highest BCUT2D eigenvalue weighted by Crippen LogP contribution is 2.14. The molecule has 9 nitrogen and oxygen atoms in total. The SMILES string of the molecule is CC(=O)c1c(NNC(=O)CSc2nc(C)cc(=O)[nH]2)oc(C)cc1=O. The first-order valence-corrected chi connectivity index (χ1v) is 8.16. The van der Waals surface area contributed by atoms with E-state index in [1.165, 1.54) is 19.1 Å². The molecule has 2 aromatic heterocycles. The van der Waals surface area contributed by atoms with Crippen molar-refractivity contribution < 1.29 is 14.0 Å². The molecular weight excluding hydrogens is 348 g/mol. The van der Waals surface area contributed by atoms with Crippen molar-refractivity contribution in [2.24, 2.45) is 0 Å². The van der Waals surface area contributed by atoms with Gasteiger partial charge < -0.3 is 9.40 Å². The summed E-state index contributed by atoms with van der Waals surface area (Å²) >= 11 is 1.03. The maximum atomic E-state index is 11.9. The second-order valence-corrected chi connectivity index (χ2v) is 6.10. The Balaban J connectivity index is 2.02. The highest BCUT2D eigenvalue weighted by molar-refractivity contribution is 7.99. The topological polar surface area (TPSA) is 134 Å². The van der Waals surface area contributed by atoms with Crippen LogP contribution in [0, 0.1) is 13.8 Å². The standard InChI is InChI=1S/C15H16N4O5S/c1-7-4-11(22)17-15(16-7)25-6-12(23)18-19-14-13(9(3)20)10(21)5-8(2)24-14/h4-5,19H,6H2,1-3H3,(H,18,23)(H,16,17,22).